The monoisotopic (exact) mass is 1110 g/mol. The van der Waals surface area contributed by atoms with Gasteiger partial charge in [-0.25, -0.2) is 19.5 Å². The quantitative estimate of drug-likeness (QED) is 0.107. The van der Waals surface area contributed by atoms with Crippen LogP contribution >= 0.6 is 0 Å². The molecule has 430 valence electrons. The van der Waals surface area contributed by atoms with Crippen LogP contribution in [0.5, 0.6) is 5.75 Å². The molecule has 0 unspecified atom stereocenters. The van der Waals surface area contributed by atoms with Gasteiger partial charge in [0.2, 0.25) is 17.7 Å². The number of likely N-dealkylation sites (tertiary alicyclic amines) is 2. The number of nitrogens with zero attached hydrogens (tertiary/aromatic N) is 9. The first-order valence-corrected chi connectivity index (χ1v) is 29.3. The Hall–Kier alpha value is -7.16. The minimum absolute atomic E-state index is 0.00666. The van der Waals surface area contributed by atoms with Gasteiger partial charge in [0.15, 0.2) is 5.75 Å². The zero-order valence-electron chi connectivity index (χ0n) is 46.7. The van der Waals surface area contributed by atoms with Crippen LogP contribution < -0.4 is 20.9 Å². The van der Waals surface area contributed by atoms with Crippen LogP contribution in [-0.4, -0.2) is 190 Å². The third kappa shape index (κ3) is 14.3. The number of halogens is 1. The normalized spacial score (nSPS) is 19.4. The molecule has 0 radical (unpaired) electrons. The predicted octanol–water partition coefficient (Wildman–Crippen LogP) is 4.86. The number of piperazine rings is 2. The minimum Gasteiger partial charge on any atom is -0.490 e. The Morgan fingerprint density at radius 1 is 0.741 bits per heavy atom. The second-order valence-corrected chi connectivity index (χ2v) is 22.6. The van der Waals surface area contributed by atoms with E-state index in [1.807, 2.05) is 53.1 Å². The summed E-state index contributed by atoms with van der Waals surface area (Å²) >= 11 is 0. The largest absolute Gasteiger partial charge is 0.490 e. The van der Waals surface area contributed by atoms with E-state index >= 15 is 4.39 Å². The lowest BCUT2D eigenvalue weighted by Gasteiger charge is -2.41. The lowest BCUT2D eigenvalue weighted by molar-refractivity contribution is -0.137. The summed E-state index contributed by atoms with van der Waals surface area (Å²) < 4.78 is 20.8. The molecular formula is C61H77FN12O7. The molecule has 6 heterocycles. The Morgan fingerprint density at radius 2 is 1.49 bits per heavy atom. The highest BCUT2D eigenvalue weighted by molar-refractivity contribution is 5.98. The molecule has 5 fully saturated rings. The number of aromatic amines is 1. The number of hydrogen-bond donors (Lipinski definition) is 3. The molecule has 5 aromatic rings. The number of H-pyrrole nitrogens is 1. The van der Waals surface area contributed by atoms with Gasteiger partial charge in [-0.05, 0) is 112 Å². The topological polar surface area (TPSA) is 210 Å². The van der Waals surface area contributed by atoms with Gasteiger partial charge in [0.25, 0.3) is 17.4 Å². The van der Waals surface area contributed by atoms with E-state index in [0.717, 1.165) is 96.1 Å². The van der Waals surface area contributed by atoms with Gasteiger partial charge < -0.3 is 35.0 Å². The number of amides is 5. The standard InChI is InChI=1S/C61H77FN12O7/c1-2-81-54-36-64-41-65-53(54)35-63-37-55(75)74-21-9-14-47(39-74)45-12-8-13-46(34-45)58(77)66-57(44-10-4-3-5-11-44)61(80)73-26-24-70(25-27-73)38-42-19-22-69(23-20-42)40-56(76)71-28-30-72(31-29-71)60(79)50-32-43(17-18-51(50)62)33-52-48-15-6-7-16-49(48)59(78)68-67-52/h6-8,12-13,15-18,32,34,36,41-42,44,47,57,63H,2-5,9-11,14,19-31,33,35,37-40H2,1H3,(H,66,77)(H,68,78)/t47-,57-/m1/s1. The number of ether oxygens (including phenoxy) is 1. The molecule has 5 amide bonds. The summed E-state index contributed by atoms with van der Waals surface area (Å²) in [4.78, 5) is 102. The molecule has 19 nitrogen and oxygen atoms in total. The van der Waals surface area contributed by atoms with Crippen molar-refractivity contribution in [2.75, 3.05) is 105 Å². The van der Waals surface area contributed by atoms with E-state index in [9.17, 15) is 28.8 Å². The number of rotatable bonds is 18. The lowest BCUT2D eigenvalue weighted by atomic mass is 9.83. The average molecular weight is 1110 g/mol. The van der Waals surface area contributed by atoms with Gasteiger partial charge in [0.05, 0.1) is 48.2 Å². The van der Waals surface area contributed by atoms with Crippen molar-refractivity contribution in [3.05, 3.63) is 129 Å². The van der Waals surface area contributed by atoms with Crippen LogP contribution in [0.2, 0.25) is 0 Å². The lowest BCUT2D eigenvalue weighted by Crippen LogP contribution is -2.57. The first-order chi connectivity index (χ1) is 39.5. The molecule has 1 aliphatic carbocycles. The molecule has 2 atom stereocenters. The number of aromatic nitrogens is 4. The summed E-state index contributed by atoms with van der Waals surface area (Å²) in [6.07, 6.45) is 12.2. The maximum absolute atomic E-state index is 15.2. The highest BCUT2D eigenvalue weighted by Gasteiger charge is 2.37. The third-order valence-electron chi connectivity index (χ3n) is 17.3. The van der Waals surface area contributed by atoms with E-state index in [2.05, 4.69) is 40.6 Å². The molecule has 1 saturated carbocycles. The Kier molecular flexibility index (Phi) is 19.1. The van der Waals surface area contributed by atoms with Crippen molar-refractivity contribution >= 4 is 40.3 Å². The average Bonchev–Trinajstić information content (AvgIpc) is 3.58. The molecule has 20 heteroatoms. The van der Waals surface area contributed by atoms with E-state index in [0.29, 0.717) is 123 Å². The number of piperidine rings is 2. The van der Waals surface area contributed by atoms with Gasteiger partial charge in [-0.15, -0.1) is 0 Å². The summed E-state index contributed by atoms with van der Waals surface area (Å²) in [6, 6.07) is 18.8. The van der Waals surface area contributed by atoms with Crippen LogP contribution in [0.1, 0.15) is 114 Å². The molecule has 3 aromatic carbocycles. The van der Waals surface area contributed by atoms with Crippen LogP contribution in [0.25, 0.3) is 10.8 Å². The summed E-state index contributed by atoms with van der Waals surface area (Å²) in [7, 11) is 0. The summed E-state index contributed by atoms with van der Waals surface area (Å²) in [5, 5.41) is 14.5. The van der Waals surface area contributed by atoms with E-state index in [4.69, 9.17) is 4.74 Å². The van der Waals surface area contributed by atoms with Crippen molar-refractivity contribution in [2.24, 2.45) is 11.8 Å². The fourth-order valence-electron chi connectivity index (χ4n) is 12.6. The van der Waals surface area contributed by atoms with E-state index in [-0.39, 0.29) is 53.1 Å². The first kappa shape index (κ1) is 57.1. The molecule has 0 spiro atoms. The van der Waals surface area contributed by atoms with Gasteiger partial charge >= 0.3 is 0 Å². The SMILES string of the molecule is CCOc1cncnc1CNCC(=O)N1CCC[C@@H](c2cccc(C(=O)N[C@@H](C(=O)N3CCN(CC4CCN(CC(=O)N5CCN(C(=O)c6cc(Cc7n[nH]c(=O)c8ccccc78)ccc6F)CC5)CC4)CC3)C3CCCCC3)c2)C1. The second kappa shape index (κ2) is 27.1. The fourth-order valence-corrected chi connectivity index (χ4v) is 12.6. The molecule has 3 N–H and O–H groups in total. The summed E-state index contributed by atoms with van der Waals surface area (Å²) in [6.45, 7) is 11.2. The second-order valence-electron chi connectivity index (χ2n) is 22.6. The Balaban J connectivity index is 0.650. The van der Waals surface area contributed by atoms with Crippen molar-refractivity contribution in [3.63, 3.8) is 0 Å². The smallest absolute Gasteiger partial charge is 0.272 e. The van der Waals surface area contributed by atoms with Crippen molar-refractivity contribution in [1.29, 1.82) is 0 Å². The maximum Gasteiger partial charge on any atom is 0.272 e. The van der Waals surface area contributed by atoms with E-state index in [1.54, 1.807) is 40.3 Å². The number of nitrogens with one attached hydrogen (secondary N) is 3. The summed E-state index contributed by atoms with van der Waals surface area (Å²) in [5.41, 5.74) is 3.25. The Bertz CT molecular complexity index is 3070. The molecule has 0 bridgehead atoms. The van der Waals surface area contributed by atoms with Crippen LogP contribution in [0, 0.1) is 17.7 Å². The van der Waals surface area contributed by atoms with Crippen molar-refractivity contribution in [3.8, 4) is 5.75 Å². The number of carbonyl (C=O) groups excluding carboxylic acids is 5. The highest BCUT2D eigenvalue weighted by atomic mass is 19.1. The molecule has 4 aliphatic heterocycles. The number of fused-ring (bicyclic) bond motifs is 1. The highest BCUT2D eigenvalue weighted by Crippen LogP contribution is 2.31. The number of carbonyl (C=O) groups is 5. The Morgan fingerprint density at radius 3 is 2.27 bits per heavy atom. The van der Waals surface area contributed by atoms with Crippen LogP contribution in [0.4, 0.5) is 4.39 Å². The predicted molar refractivity (Wildman–Crippen MR) is 304 cm³/mol. The molecule has 2 aromatic heterocycles. The molecular weight excluding hydrogens is 1030 g/mol. The molecule has 81 heavy (non-hydrogen) atoms. The van der Waals surface area contributed by atoms with Crippen LogP contribution in [0.3, 0.4) is 0 Å². The maximum atomic E-state index is 15.2. The fraction of sp³-hybridized carbons (Fsp3) is 0.525. The van der Waals surface area contributed by atoms with Gasteiger partial charge in [-0.2, -0.15) is 5.10 Å². The van der Waals surface area contributed by atoms with Crippen molar-refractivity contribution in [1.82, 2.24) is 60.2 Å². The zero-order valence-corrected chi connectivity index (χ0v) is 46.7. The minimum atomic E-state index is -0.610. The number of hydrogen-bond acceptors (Lipinski definition) is 13. The van der Waals surface area contributed by atoms with E-state index < -0.39 is 17.8 Å². The molecule has 5 aliphatic rings. The van der Waals surface area contributed by atoms with Gasteiger partial charge in [0.1, 0.15) is 18.2 Å². The van der Waals surface area contributed by atoms with E-state index in [1.165, 1.54) is 12.4 Å². The van der Waals surface area contributed by atoms with Gasteiger partial charge in [0, 0.05) is 102 Å². The van der Waals surface area contributed by atoms with Crippen LogP contribution in [-0.2, 0) is 27.3 Å². The van der Waals surface area contributed by atoms with Crippen LogP contribution in [0.15, 0.2) is 84.0 Å². The van der Waals surface area contributed by atoms with Gasteiger partial charge in [-0.1, -0.05) is 55.7 Å². The molecule has 10 rings (SSSR count). The summed E-state index contributed by atoms with van der Waals surface area (Å²) in [5.74, 6) is 0.0320. The first-order valence-electron chi connectivity index (χ1n) is 29.3. The Labute approximate surface area is 473 Å². The zero-order chi connectivity index (χ0) is 56.2. The number of benzene rings is 3. The third-order valence-corrected chi connectivity index (χ3v) is 17.3. The van der Waals surface area contributed by atoms with Gasteiger partial charge in [-0.3, -0.25) is 38.6 Å². The molecule has 4 saturated heterocycles. The van der Waals surface area contributed by atoms with Crippen molar-refractivity contribution in [2.45, 2.75) is 89.6 Å². The van der Waals surface area contributed by atoms with Crippen molar-refractivity contribution < 1.29 is 33.1 Å².